The van der Waals surface area contributed by atoms with Crippen LogP contribution in [0.5, 0.6) is 5.88 Å². The number of nitrogens with zero attached hydrogens (tertiary/aromatic N) is 6. The number of hydrogen-bond donors (Lipinski definition) is 0. The third-order valence-corrected chi connectivity index (χ3v) is 3.98. The SMILES string of the molecule is COc1ccnc(N2CCN(C(=O)[C@@H](C)n3cccn3)CC2)n1. The molecule has 1 saturated heterocycles. The highest BCUT2D eigenvalue weighted by Gasteiger charge is 2.26. The van der Waals surface area contributed by atoms with Gasteiger partial charge in [0.25, 0.3) is 0 Å². The van der Waals surface area contributed by atoms with Gasteiger partial charge in [-0.05, 0) is 13.0 Å². The van der Waals surface area contributed by atoms with Gasteiger partial charge in [0.15, 0.2) is 0 Å². The predicted octanol–water partition coefficient (Wildman–Crippen LogP) is 0.591. The third-order valence-electron chi connectivity index (χ3n) is 3.98. The van der Waals surface area contributed by atoms with Gasteiger partial charge in [0.1, 0.15) is 6.04 Å². The Morgan fingerprint density at radius 3 is 2.70 bits per heavy atom. The molecule has 1 atom stereocenters. The van der Waals surface area contributed by atoms with Crippen LogP contribution in [0.1, 0.15) is 13.0 Å². The standard InChI is InChI=1S/C15H20N6O2/c1-12(21-7-3-5-17-21)14(22)19-8-10-20(11-9-19)15-16-6-4-13(18-15)23-2/h3-7,12H,8-11H2,1-2H3/t12-/m1/s1. The molecule has 122 valence electrons. The van der Waals surface area contributed by atoms with Crippen molar-refractivity contribution in [3.05, 3.63) is 30.7 Å². The molecule has 0 saturated carbocycles. The maximum Gasteiger partial charge on any atom is 0.247 e. The summed E-state index contributed by atoms with van der Waals surface area (Å²) in [5, 5.41) is 4.14. The van der Waals surface area contributed by atoms with Crippen LogP contribution in [-0.4, -0.2) is 63.8 Å². The Morgan fingerprint density at radius 1 is 1.26 bits per heavy atom. The number of methoxy groups -OCH3 is 1. The Balaban J connectivity index is 1.60. The normalized spacial score (nSPS) is 16.3. The third kappa shape index (κ3) is 3.25. The number of piperazine rings is 1. The van der Waals surface area contributed by atoms with Crippen LogP contribution >= 0.6 is 0 Å². The highest BCUT2D eigenvalue weighted by molar-refractivity contribution is 5.80. The molecule has 3 rings (SSSR count). The number of anilines is 1. The van der Waals surface area contributed by atoms with E-state index in [0.717, 1.165) is 0 Å². The maximum atomic E-state index is 12.5. The van der Waals surface area contributed by atoms with Crippen LogP contribution < -0.4 is 9.64 Å². The summed E-state index contributed by atoms with van der Waals surface area (Å²) in [6, 6.07) is 3.25. The van der Waals surface area contributed by atoms with Crippen molar-refractivity contribution in [3.8, 4) is 5.88 Å². The van der Waals surface area contributed by atoms with Crippen LogP contribution in [0, 0.1) is 0 Å². The van der Waals surface area contributed by atoms with Gasteiger partial charge >= 0.3 is 0 Å². The average molecular weight is 316 g/mol. The van der Waals surface area contributed by atoms with Gasteiger partial charge in [0.2, 0.25) is 17.7 Å². The van der Waals surface area contributed by atoms with Crippen LogP contribution in [0.15, 0.2) is 30.7 Å². The minimum atomic E-state index is -0.287. The van der Waals surface area contributed by atoms with E-state index in [0.29, 0.717) is 38.0 Å². The molecule has 3 heterocycles. The minimum Gasteiger partial charge on any atom is -0.481 e. The van der Waals surface area contributed by atoms with Crippen molar-refractivity contribution in [3.63, 3.8) is 0 Å². The molecule has 0 radical (unpaired) electrons. The molecule has 1 aliphatic rings. The fourth-order valence-electron chi connectivity index (χ4n) is 2.61. The zero-order valence-electron chi connectivity index (χ0n) is 13.3. The van der Waals surface area contributed by atoms with Crippen LogP contribution in [0.25, 0.3) is 0 Å². The van der Waals surface area contributed by atoms with Crippen molar-refractivity contribution in [2.75, 3.05) is 38.2 Å². The van der Waals surface area contributed by atoms with Gasteiger partial charge in [-0.25, -0.2) is 4.98 Å². The summed E-state index contributed by atoms with van der Waals surface area (Å²) in [6.45, 7) is 4.55. The summed E-state index contributed by atoms with van der Waals surface area (Å²) < 4.78 is 6.81. The number of rotatable bonds is 4. The fourth-order valence-corrected chi connectivity index (χ4v) is 2.61. The minimum absolute atomic E-state index is 0.0833. The van der Waals surface area contributed by atoms with Crippen LogP contribution in [0.3, 0.4) is 0 Å². The maximum absolute atomic E-state index is 12.5. The lowest BCUT2D eigenvalue weighted by molar-refractivity contribution is -0.134. The van der Waals surface area contributed by atoms with Gasteiger partial charge in [-0.3, -0.25) is 9.48 Å². The average Bonchev–Trinajstić information content (AvgIpc) is 3.15. The van der Waals surface area contributed by atoms with E-state index in [1.54, 1.807) is 30.3 Å². The predicted molar refractivity (Wildman–Crippen MR) is 84.3 cm³/mol. The molecule has 0 N–H and O–H groups in total. The lowest BCUT2D eigenvalue weighted by Gasteiger charge is -2.35. The molecule has 0 spiro atoms. The highest BCUT2D eigenvalue weighted by atomic mass is 16.5. The zero-order chi connectivity index (χ0) is 16.2. The molecule has 1 fully saturated rings. The molecule has 1 amide bonds. The van der Waals surface area contributed by atoms with E-state index in [9.17, 15) is 4.79 Å². The molecular formula is C15H20N6O2. The number of carbonyl (C=O) groups is 1. The molecule has 0 aliphatic carbocycles. The molecule has 8 heteroatoms. The summed E-state index contributed by atoms with van der Waals surface area (Å²) in [5.41, 5.74) is 0. The summed E-state index contributed by atoms with van der Waals surface area (Å²) in [5.74, 6) is 1.26. The second-order valence-electron chi connectivity index (χ2n) is 5.37. The van der Waals surface area contributed by atoms with E-state index in [1.165, 1.54) is 0 Å². The molecule has 1 aliphatic heterocycles. The molecule has 2 aromatic rings. The first-order chi connectivity index (χ1) is 11.2. The molecule has 0 bridgehead atoms. The molecule has 0 aromatic carbocycles. The first-order valence-electron chi connectivity index (χ1n) is 7.59. The quantitative estimate of drug-likeness (QED) is 0.822. The van der Waals surface area contributed by atoms with Gasteiger partial charge in [0.05, 0.1) is 7.11 Å². The summed E-state index contributed by atoms with van der Waals surface area (Å²) in [4.78, 5) is 25.1. The van der Waals surface area contributed by atoms with Crippen molar-refractivity contribution in [1.82, 2.24) is 24.6 Å². The van der Waals surface area contributed by atoms with Crippen molar-refractivity contribution < 1.29 is 9.53 Å². The molecule has 0 unspecified atom stereocenters. The Labute approximate surface area is 134 Å². The Morgan fingerprint density at radius 2 is 2.04 bits per heavy atom. The topological polar surface area (TPSA) is 76.4 Å². The number of carbonyl (C=O) groups excluding carboxylic acids is 1. The van der Waals surface area contributed by atoms with Crippen molar-refractivity contribution in [2.45, 2.75) is 13.0 Å². The second-order valence-corrected chi connectivity index (χ2v) is 5.37. The lowest BCUT2D eigenvalue weighted by Crippen LogP contribution is -2.50. The van der Waals surface area contributed by atoms with Crippen LogP contribution in [0.2, 0.25) is 0 Å². The van der Waals surface area contributed by atoms with Gasteiger partial charge < -0.3 is 14.5 Å². The number of hydrogen-bond acceptors (Lipinski definition) is 6. The second kappa shape index (κ2) is 6.64. The smallest absolute Gasteiger partial charge is 0.247 e. The van der Waals surface area contributed by atoms with Gasteiger partial charge in [-0.15, -0.1) is 0 Å². The first-order valence-corrected chi connectivity index (χ1v) is 7.59. The van der Waals surface area contributed by atoms with E-state index in [-0.39, 0.29) is 11.9 Å². The summed E-state index contributed by atoms with van der Waals surface area (Å²) in [7, 11) is 1.58. The monoisotopic (exact) mass is 316 g/mol. The Kier molecular flexibility index (Phi) is 4.40. The number of ether oxygens (including phenoxy) is 1. The molecular weight excluding hydrogens is 296 g/mol. The molecule has 8 nitrogen and oxygen atoms in total. The van der Waals surface area contributed by atoms with Crippen molar-refractivity contribution in [2.24, 2.45) is 0 Å². The van der Waals surface area contributed by atoms with E-state index >= 15 is 0 Å². The van der Waals surface area contributed by atoms with Gasteiger partial charge in [-0.1, -0.05) is 0 Å². The summed E-state index contributed by atoms with van der Waals surface area (Å²) in [6.07, 6.45) is 5.17. The van der Waals surface area contributed by atoms with E-state index < -0.39 is 0 Å². The van der Waals surface area contributed by atoms with Crippen LogP contribution in [-0.2, 0) is 4.79 Å². The Hall–Kier alpha value is -2.64. The number of amides is 1. The largest absolute Gasteiger partial charge is 0.481 e. The Bertz CT molecular complexity index is 652. The number of aromatic nitrogens is 4. The fraction of sp³-hybridized carbons (Fsp3) is 0.467. The van der Waals surface area contributed by atoms with Crippen LogP contribution in [0.4, 0.5) is 5.95 Å². The first kappa shape index (κ1) is 15.3. The van der Waals surface area contributed by atoms with Crippen molar-refractivity contribution in [1.29, 1.82) is 0 Å². The van der Waals surface area contributed by atoms with E-state index in [1.807, 2.05) is 24.1 Å². The molecule has 23 heavy (non-hydrogen) atoms. The zero-order valence-corrected chi connectivity index (χ0v) is 13.3. The van der Waals surface area contributed by atoms with E-state index in [2.05, 4.69) is 20.0 Å². The van der Waals surface area contributed by atoms with Gasteiger partial charge in [0, 0.05) is 50.8 Å². The van der Waals surface area contributed by atoms with Crippen molar-refractivity contribution >= 4 is 11.9 Å². The van der Waals surface area contributed by atoms with Gasteiger partial charge in [-0.2, -0.15) is 10.1 Å². The lowest BCUT2D eigenvalue weighted by atomic mass is 10.2. The highest BCUT2D eigenvalue weighted by Crippen LogP contribution is 2.16. The molecule has 2 aromatic heterocycles. The summed E-state index contributed by atoms with van der Waals surface area (Å²) >= 11 is 0. The van der Waals surface area contributed by atoms with E-state index in [4.69, 9.17) is 4.74 Å².